The average molecular weight is 518 g/mol. The number of amides is 2. The van der Waals surface area contributed by atoms with Gasteiger partial charge in [-0.15, -0.1) is 12.4 Å². The van der Waals surface area contributed by atoms with Crippen LogP contribution in [0.4, 0.5) is 4.79 Å². The summed E-state index contributed by atoms with van der Waals surface area (Å²) in [5.74, 6) is 2.05. The molecule has 2 aliphatic rings. The monoisotopic (exact) mass is 517 g/mol. The summed E-state index contributed by atoms with van der Waals surface area (Å²) in [5.41, 5.74) is 6.05. The summed E-state index contributed by atoms with van der Waals surface area (Å²) in [4.78, 5) is 27.2. The summed E-state index contributed by atoms with van der Waals surface area (Å²) in [6.07, 6.45) is 2.19. The van der Waals surface area contributed by atoms with E-state index in [9.17, 15) is 9.59 Å². The standard InChI is InChI=1S/C27H35N3O5.ClH/c1-29(27(32)33)17-18-4-5-21-13-22(23(21)12-18)16-28-9-6-26(31)30-10-7-19-14-24(34-2)25(35-3)15-20(19)8-11-30;/h4-5,12,14-15,22,28H,6-11,13,16-17H2,1-3H3,(H,32,33);1H. The van der Waals surface area contributed by atoms with Gasteiger partial charge in [-0.05, 0) is 59.2 Å². The van der Waals surface area contributed by atoms with Gasteiger partial charge in [-0.25, -0.2) is 4.79 Å². The third-order valence-corrected chi connectivity index (χ3v) is 7.13. The summed E-state index contributed by atoms with van der Waals surface area (Å²) >= 11 is 0. The number of benzene rings is 2. The molecule has 4 rings (SSSR count). The zero-order valence-corrected chi connectivity index (χ0v) is 22.0. The number of nitrogens with one attached hydrogen (secondary N) is 1. The van der Waals surface area contributed by atoms with Gasteiger partial charge < -0.3 is 29.7 Å². The summed E-state index contributed by atoms with van der Waals surface area (Å²) < 4.78 is 10.9. The van der Waals surface area contributed by atoms with Crippen LogP contribution in [0.5, 0.6) is 11.5 Å². The second-order valence-corrected chi connectivity index (χ2v) is 9.38. The van der Waals surface area contributed by atoms with E-state index in [2.05, 4.69) is 17.4 Å². The molecule has 36 heavy (non-hydrogen) atoms. The Bertz CT molecular complexity index is 1060. The zero-order valence-electron chi connectivity index (χ0n) is 21.2. The van der Waals surface area contributed by atoms with Gasteiger partial charge in [0.05, 0.1) is 14.2 Å². The van der Waals surface area contributed by atoms with Crippen LogP contribution in [0.3, 0.4) is 0 Å². The Labute approximate surface area is 219 Å². The van der Waals surface area contributed by atoms with Crippen molar-refractivity contribution in [2.45, 2.75) is 38.1 Å². The maximum atomic E-state index is 12.9. The zero-order chi connectivity index (χ0) is 24.9. The van der Waals surface area contributed by atoms with Gasteiger partial charge in [0.2, 0.25) is 5.91 Å². The number of hydrogen-bond donors (Lipinski definition) is 2. The second-order valence-electron chi connectivity index (χ2n) is 9.38. The summed E-state index contributed by atoms with van der Waals surface area (Å²) in [7, 11) is 4.86. The molecule has 9 heteroatoms. The molecule has 1 heterocycles. The van der Waals surface area contributed by atoms with E-state index in [-0.39, 0.29) is 18.3 Å². The number of ether oxygens (including phenoxy) is 2. The maximum absolute atomic E-state index is 12.9. The Kier molecular flexibility index (Phi) is 9.45. The van der Waals surface area contributed by atoms with Gasteiger partial charge in [0.15, 0.2) is 11.5 Å². The number of halogens is 1. The van der Waals surface area contributed by atoms with Crippen molar-refractivity contribution in [3.8, 4) is 11.5 Å². The van der Waals surface area contributed by atoms with Crippen LogP contribution < -0.4 is 14.8 Å². The van der Waals surface area contributed by atoms with E-state index in [1.165, 1.54) is 27.2 Å². The first-order valence-electron chi connectivity index (χ1n) is 12.2. The smallest absolute Gasteiger partial charge is 0.407 e. The SMILES string of the molecule is COc1cc2c(cc1OC)CCN(C(=O)CCNCC1Cc3ccc(CN(C)C(=O)O)cc31)CC2.Cl. The molecule has 0 bridgehead atoms. The summed E-state index contributed by atoms with van der Waals surface area (Å²) in [5, 5.41) is 12.5. The predicted molar refractivity (Wildman–Crippen MR) is 141 cm³/mol. The summed E-state index contributed by atoms with van der Waals surface area (Å²) in [6.45, 7) is 3.28. The molecule has 1 atom stereocenters. The molecule has 0 saturated heterocycles. The second kappa shape index (κ2) is 12.3. The number of hydrogen-bond acceptors (Lipinski definition) is 5. The van der Waals surface area contributed by atoms with Crippen molar-refractivity contribution in [2.24, 2.45) is 0 Å². The van der Waals surface area contributed by atoms with Crippen LogP contribution in [0.1, 0.15) is 40.2 Å². The largest absolute Gasteiger partial charge is 0.493 e. The maximum Gasteiger partial charge on any atom is 0.407 e. The van der Waals surface area contributed by atoms with E-state index in [1.54, 1.807) is 21.3 Å². The minimum Gasteiger partial charge on any atom is -0.493 e. The van der Waals surface area contributed by atoms with Gasteiger partial charge >= 0.3 is 6.09 Å². The highest BCUT2D eigenvalue weighted by Crippen LogP contribution is 2.35. The fourth-order valence-electron chi connectivity index (χ4n) is 5.01. The van der Waals surface area contributed by atoms with Crippen LogP contribution in [-0.2, 0) is 30.6 Å². The quantitative estimate of drug-likeness (QED) is 0.495. The van der Waals surface area contributed by atoms with Gasteiger partial charge in [-0.2, -0.15) is 0 Å². The number of rotatable bonds is 9. The van der Waals surface area contributed by atoms with Crippen molar-refractivity contribution in [3.63, 3.8) is 0 Å². The molecule has 1 unspecified atom stereocenters. The minimum atomic E-state index is -0.927. The third-order valence-electron chi connectivity index (χ3n) is 7.13. The molecule has 0 spiro atoms. The molecule has 0 saturated carbocycles. The lowest BCUT2D eigenvalue weighted by atomic mass is 9.76. The molecule has 2 aromatic rings. The van der Waals surface area contributed by atoms with E-state index in [0.717, 1.165) is 42.9 Å². The Hall–Kier alpha value is -2.97. The topological polar surface area (TPSA) is 91.3 Å². The molecule has 0 radical (unpaired) electrons. The number of fused-ring (bicyclic) bond motifs is 2. The lowest BCUT2D eigenvalue weighted by Gasteiger charge is -2.31. The van der Waals surface area contributed by atoms with Gasteiger partial charge in [-0.1, -0.05) is 18.2 Å². The number of carbonyl (C=O) groups excluding carboxylic acids is 1. The first-order valence-corrected chi connectivity index (χ1v) is 12.2. The molecular weight excluding hydrogens is 482 g/mol. The molecule has 1 aliphatic carbocycles. The Morgan fingerprint density at radius 1 is 1.06 bits per heavy atom. The van der Waals surface area contributed by atoms with Crippen molar-refractivity contribution in [1.29, 1.82) is 0 Å². The highest BCUT2D eigenvalue weighted by atomic mass is 35.5. The number of methoxy groups -OCH3 is 2. The third kappa shape index (κ3) is 6.23. The Balaban J connectivity index is 0.00000361. The average Bonchev–Trinajstić information content (AvgIpc) is 3.06. The van der Waals surface area contributed by atoms with E-state index >= 15 is 0 Å². The fraction of sp³-hybridized carbons (Fsp3) is 0.481. The van der Waals surface area contributed by atoms with Crippen LogP contribution >= 0.6 is 12.4 Å². The Morgan fingerprint density at radius 2 is 1.69 bits per heavy atom. The normalized spacial score (nSPS) is 16.0. The van der Waals surface area contributed by atoms with E-state index in [0.29, 0.717) is 38.5 Å². The summed E-state index contributed by atoms with van der Waals surface area (Å²) in [6, 6.07) is 10.3. The van der Waals surface area contributed by atoms with Crippen molar-refractivity contribution < 1.29 is 24.2 Å². The lowest BCUT2D eigenvalue weighted by molar-refractivity contribution is -0.131. The van der Waals surface area contributed by atoms with Crippen LogP contribution in [-0.4, -0.2) is 74.4 Å². The molecule has 2 amide bonds. The van der Waals surface area contributed by atoms with Gasteiger partial charge in [0, 0.05) is 52.1 Å². The van der Waals surface area contributed by atoms with Crippen molar-refractivity contribution >= 4 is 24.4 Å². The molecule has 1 aliphatic heterocycles. The predicted octanol–water partition coefficient (Wildman–Crippen LogP) is 3.48. The lowest BCUT2D eigenvalue weighted by Crippen LogP contribution is -2.36. The van der Waals surface area contributed by atoms with Gasteiger partial charge in [0.1, 0.15) is 0 Å². The molecule has 0 fully saturated rings. The minimum absolute atomic E-state index is 0. The molecule has 2 aromatic carbocycles. The van der Waals surface area contributed by atoms with E-state index in [4.69, 9.17) is 14.6 Å². The molecule has 196 valence electrons. The molecular formula is C27H36ClN3O5. The first-order chi connectivity index (χ1) is 16.9. The van der Waals surface area contributed by atoms with E-state index in [1.807, 2.05) is 23.1 Å². The van der Waals surface area contributed by atoms with Crippen LogP contribution in [0, 0.1) is 0 Å². The van der Waals surface area contributed by atoms with Crippen LogP contribution in [0.25, 0.3) is 0 Å². The molecule has 2 N–H and O–H groups in total. The number of carbonyl (C=O) groups is 2. The number of nitrogens with zero attached hydrogens (tertiary/aromatic N) is 2. The van der Waals surface area contributed by atoms with Crippen LogP contribution in [0.2, 0.25) is 0 Å². The highest BCUT2D eigenvalue weighted by molar-refractivity contribution is 5.85. The molecule has 8 nitrogen and oxygen atoms in total. The Morgan fingerprint density at radius 3 is 2.28 bits per heavy atom. The van der Waals surface area contributed by atoms with E-state index < -0.39 is 6.09 Å². The van der Waals surface area contributed by atoms with Crippen molar-refractivity contribution in [3.05, 3.63) is 58.1 Å². The van der Waals surface area contributed by atoms with Crippen LogP contribution in [0.15, 0.2) is 30.3 Å². The fourth-order valence-corrected chi connectivity index (χ4v) is 5.01. The van der Waals surface area contributed by atoms with Gasteiger partial charge in [-0.3, -0.25) is 4.79 Å². The molecule has 0 aromatic heterocycles. The van der Waals surface area contributed by atoms with Gasteiger partial charge in [0.25, 0.3) is 0 Å². The highest BCUT2D eigenvalue weighted by Gasteiger charge is 2.26. The number of carboxylic acid groups (broad SMARTS) is 1. The first kappa shape index (κ1) is 27.6. The van der Waals surface area contributed by atoms with Crippen molar-refractivity contribution in [2.75, 3.05) is 47.4 Å². The van der Waals surface area contributed by atoms with Crippen molar-refractivity contribution in [1.82, 2.24) is 15.1 Å².